The van der Waals surface area contributed by atoms with Crippen LogP contribution >= 0.6 is 0 Å². The summed E-state index contributed by atoms with van der Waals surface area (Å²) in [6, 6.07) is 21.8. The van der Waals surface area contributed by atoms with Gasteiger partial charge in [-0.2, -0.15) is 4.31 Å². The fourth-order valence-corrected chi connectivity index (χ4v) is 5.27. The van der Waals surface area contributed by atoms with Gasteiger partial charge in [-0.25, -0.2) is 8.42 Å². The second kappa shape index (κ2) is 10.7. The quantitative estimate of drug-likeness (QED) is 0.491. The first kappa shape index (κ1) is 24.4. The van der Waals surface area contributed by atoms with Gasteiger partial charge in [0.25, 0.3) is 11.8 Å². The first-order valence-electron chi connectivity index (χ1n) is 11.4. The number of nitrogens with one attached hydrogen (secondary N) is 2. The van der Waals surface area contributed by atoms with Gasteiger partial charge in [0.05, 0.1) is 10.5 Å². The molecule has 1 heterocycles. The number of carbonyl (C=O) groups is 2. The summed E-state index contributed by atoms with van der Waals surface area (Å²) < 4.78 is 32.6. The maximum atomic E-state index is 12.7. The zero-order valence-corrected chi connectivity index (χ0v) is 20.1. The summed E-state index contributed by atoms with van der Waals surface area (Å²) in [5.41, 5.74) is 1.39. The fourth-order valence-electron chi connectivity index (χ4n) is 3.75. The Morgan fingerprint density at radius 2 is 1.43 bits per heavy atom. The molecule has 0 radical (unpaired) electrons. The zero-order chi connectivity index (χ0) is 24.8. The number of hydrogen-bond acceptors (Lipinski definition) is 5. The molecule has 1 fully saturated rings. The van der Waals surface area contributed by atoms with Crippen molar-refractivity contribution >= 4 is 33.2 Å². The maximum absolute atomic E-state index is 12.7. The minimum absolute atomic E-state index is 0.194. The highest BCUT2D eigenvalue weighted by molar-refractivity contribution is 7.89. The first-order chi connectivity index (χ1) is 16.8. The van der Waals surface area contributed by atoms with Crippen molar-refractivity contribution in [3.8, 4) is 5.75 Å². The Balaban J connectivity index is 1.40. The van der Waals surface area contributed by atoms with Gasteiger partial charge in [0.1, 0.15) is 5.75 Å². The third-order valence-corrected chi connectivity index (χ3v) is 7.57. The van der Waals surface area contributed by atoms with E-state index in [0.29, 0.717) is 30.0 Å². The number of rotatable bonds is 8. The summed E-state index contributed by atoms with van der Waals surface area (Å²) in [5, 5.41) is 5.53. The lowest BCUT2D eigenvalue weighted by atomic mass is 10.1. The number of benzene rings is 3. The second-order valence-electron chi connectivity index (χ2n) is 8.20. The number of hydrogen-bond donors (Lipinski definition) is 2. The molecule has 3 aromatic rings. The predicted octanol–water partition coefficient (Wildman–Crippen LogP) is 4.13. The van der Waals surface area contributed by atoms with E-state index >= 15 is 0 Å². The minimum Gasteiger partial charge on any atom is -0.480 e. The van der Waals surface area contributed by atoms with Gasteiger partial charge >= 0.3 is 0 Å². The van der Waals surface area contributed by atoms with E-state index in [1.54, 1.807) is 55.5 Å². The van der Waals surface area contributed by atoms with Gasteiger partial charge < -0.3 is 15.4 Å². The van der Waals surface area contributed by atoms with Crippen molar-refractivity contribution in [2.45, 2.75) is 30.8 Å². The van der Waals surface area contributed by atoms with Gasteiger partial charge in [0.2, 0.25) is 10.0 Å². The molecule has 9 heteroatoms. The molecule has 0 unspecified atom stereocenters. The van der Waals surface area contributed by atoms with Crippen LogP contribution in [0.4, 0.5) is 11.4 Å². The summed E-state index contributed by atoms with van der Waals surface area (Å²) in [6.45, 7) is 2.63. The van der Waals surface area contributed by atoms with Crippen LogP contribution in [-0.4, -0.2) is 43.7 Å². The zero-order valence-electron chi connectivity index (χ0n) is 19.3. The topological polar surface area (TPSA) is 105 Å². The van der Waals surface area contributed by atoms with Crippen molar-refractivity contribution < 1.29 is 22.7 Å². The number of carbonyl (C=O) groups excluding carboxylic acids is 2. The normalized spacial score (nSPS) is 14.8. The molecule has 0 bridgehead atoms. The van der Waals surface area contributed by atoms with Crippen LogP contribution in [0.5, 0.6) is 5.75 Å². The van der Waals surface area contributed by atoms with Gasteiger partial charge in [-0.05, 0) is 68.3 Å². The van der Waals surface area contributed by atoms with Crippen LogP contribution in [0, 0.1) is 0 Å². The Bertz CT molecular complexity index is 1290. The minimum atomic E-state index is -3.52. The summed E-state index contributed by atoms with van der Waals surface area (Å²) in [4.78, 5) is 25.7. The van der Waals surface area contributed by atoms with Crippen LogP contribution in [-0.2, 0) is 14.8 Å². The molecule has 1 atom stereocenters. The number of ether oxygens (including phenoxy) is 1. The molecule has 0 aromatic heterocycles. The van der Waals surface area contributed by atoms with Crippen LogP contribution in [0.25, 0.3) is 0 Å². The summed E-state index contributed by atoms with van der Waals surface area (Å²) in [5.74, 6) is -0.511. The lowest BCUT2D eigenvalue weighted by Crippen LogP contribution is -2.31. The second-order valence-corrected chi connectivity index (χ2v) is 10.1. The fraction of sp³-hybridized carbons (Fsp3) is 0.231. The first-order valence-corrected chi connectivity index (χ1v) is 12.8. The van der Waals surface area contributed by atoms with E-state index in [9.17, 15) is 18.0 Å². The molecule has 3 aromatic carbocycles. The Kier molecular flexibility index (Phi) is 7.48. The van der Waals surface area contributed by atoms with Crippen LogP contribution < -0.4 is 15.4 Å². The highest BCUT2D eigenvalue weighted by Crippen LogP contribution is 2.24. The van der Waals surface area contributed by atoms with E-state index in [1.807, 2.05) is 18.2 Å². The molecular formula is C26H27N3O5S. The average Bonchev–Trinajstić information content (AvgIpc) is 3.41. The van der Waals surface area contributed by atoms with Gasteiger partial charge in [-0.15, -0.1) is 0 Å². The SMILES string of the molecule is C[C@H](Oc1ccccc1C(=O)Nc1ccccc1)C(=O)Nc1ccc(S(=O)(=O)N2CCCC2)cc1. The predicted molar refractivity (Wildman–Crippen MR) is 134 cm³/mol. The highest BCUT2D eigenvalue weighted by Gasteiger charge is 2.27. The largest absolute Gasteiger partial charge is 0.480 e. The van der Waals surface area contributed by atoms with E-state index in [0.717, 1.165) is 12.8 Å². The molecule has 2 N–H and O–H groups in total. The summed E-state index contributed by atoms with van der Waals surface area (Å²) in [7, 11) is -3.52. The molecule has 4 rings (SSSR count). The van der Waals surface area contributed by atoms with Crippen molar-refractivity contribution in [2.75, 3.05) is 23.7 Å². The van der Waals surface area contributed by atoms with E-state index in [4.69, 9.17) is 4.74 Å². The van der Waals surface area contributed by atoms with Crippen molar-refractivity contribution in [1.82, 2.24) is 4.31 Å². The van der Waals surface area contributed by atoms with Crippen molar-refractivity contribution in [3.63, 3.8) is 0 Å². The maximum Gasteiger partial charge on any atom is 0.265 e. The van der Waals surface area contributed by atoms with Crippen LogP contribution in [0.3, 0.4) is 0 Å². The van der Waals surface area contributed by atoms with E-state index in [-0.39, 0.29) is 16.6 Å². The molecule has 1 saturated heterocycles. The average molecular weight is 494 g/mol. The molecule has 0 saturated carbocycles. The van der Waals surface area contributed by atoms with Crippen molar-refractivity contribution in [1.29, 1.82) is 0 Å². The molecule has 182 valence electrons. The molecule has 8 nitrogen and oxygen atoms in total. The Morgan fingerprint density at radius 1 is 0.829 bits per heavy atom. The van der Waals surface area contributed by atoms with Gasteiger partial charge in [-0.3, -0.25) is 9.59 Å². The van der Waals surface area contributed by atoms with Crippen LogP contribution in [0.1, 0.15) is 30.1 Å². The Morgan fingerprint density at radius 3 is 2.11 bits per heavy atom. The van der Waals surface area contributed by atoms with Crippen LogP contribution in [0.2, 0.25) is 0 Å². The monoisotopic (exact) mass is 493 g/mol. The van der Waals surface area contributed by atoms with E-state index in [1.165, 1.54) is 16.4 Å². The van der Waals surface area contributed by atoms with Crippen molar-refractivity contribution in [3.05, 3.63) is 84.4 Å². The van der Waals surface area contributed by atoms with E-state index in [2.05, 4.69) is 10.6 Å². The van der Waals surface area contributed by atoms with Gasteiger partial charge in [0.15, 0.2) is 6.10 Å². The molecule has 0 spiro atoms. The lowest BCUT2D eigenvalue weighted by molar-refractivity contribution is -0.122. The molecule has 0 aliphatic carbocycles. The van der Waals surface area contributed by atoms with Gasteiger partial charge in [-0.1, -0.05) is 30.3 Å². The third kappa shape index (κ3) is 5.87. The molecule has 1 aliphatic heterocycles. The lowest BCUT2D eigenvalue weighted by Gasteiger charge is -2.18. The standard InChI is InChI=1S/C26H27N3O5S/c1-19(34-24-12-6-5-11-23(24)26(31)28-20-9-3-2-4-10-20)25(30)27-21-13-15-22(16-14-21)35(32,33)29-17-7-8-18-29/h2-6,9-16,19H,7-8,17-18H2,1H3,(H,27,30)(H,28,31)/t19-/m0/s1. The number of para-hydroxylation sites is 2. The smallest absolute Gasteiger partial charge is 0.265 e. The molecule has 2 amide bonds. The van der Waals surface area contributed by atoms with Crippen molar-refractivity contribution in [2.24, 2.45) is 0 Å². The third-order valence-electron chi connectivity index (χ3n) is 5.66. The Labute approximate surface area is 205 Å². The number of anilines is 2. The van der Waals surface area contributed by atoms with Gasteiger partial charge in [0, 0.05) is 24.5 Å². The van der Waals surface area contributed by atoms with Crippen LogP contribution in [0.15, 0.2) is 83.8 Å². The summed E-state index contributed by atoms with van der Waals surface area (Å²) >= 11 is 0. The molecule has 35 heavy (non-hydrogen) atoms. The highest BCUT2D eigenvalue weighted by atomic mass is 32.2. The summed E-state index contributed by atoms with van der Waals surface area (Å²) in [6.07, 6.45) is 0.818. The molecular weight excluding hydrogens is 466 g/mol. The molecule has 1 aliphatic rings. The Hall–Kier alpha value is -3.69. The number of sulfonamides is 1. The van der Waals surface area contributed by atoms with E-state index < -0.39 is 22.0 Å². The number of nitrogens with zero attached hydrogens (tertiary/aromatic N) is 1. The number of amides is 2.